The highest BCUT2D eigenvalue weighted by Crippen LogP contribution is 2.48. The summed E-state index contributed by atoms with van der Waals surface area (Å²) in [5.41, 5.74) is 4.24. The molecule has 1 atom stereocenters. The maximum Gasteiger partial charge on any atom is 0.413 e. The lowest BCUT2D eigenvalue weighted by atomic mass is 9.93. The van der Waals surface area contributed by atoms with E-state index in [1.165, 1.54) is 0 Å². The predicted octanol–water partition coefficient (Wildman–Crippen LogP) is 6.62. The number of ether oxygens (including phenoxy) is 2. The van der Waals surface area contributed by atoms with Gasteiger partial charge >= 0.3 is 18.2 Å². The van der Waals surface area contributed by atoms with E-state index < -0.39 is 29.7 Å². The van der Waals surface area contributed by atoms with Gasteiger partial charge in [-0.25, -0.2) is 14.6 Å². The van der Waals surface area contributed by atoms with Crippen LogP contribution in [0.5, 0.6) is 0 Å². The minimum Gasteiger partial charge on any atom is -0.481 e. The summed E-state index contributed by atoms with van der Waals surface area (Å²) >= 11 is 0. The van der Waals surface area contributed by atoms with Crippen LogP contribution in [0.25, 0.3) is 22.4 Å². The summed E-state index contributed by atoms with van der Waals surface area (Å²) in [6, 6.07) is 25.0. The second-order valence-electron chi connectivity index (χ2n) is 11.1. The number of aliphatic carboxylic acids is 1. The SMILES string of the molecule is CCOC(=O)N1CCn2c(nc(-c3ccc(-c4ccc(C5(C(=O)O)CC5)cc4)cc3)c2NC(=O)OC(C)c2ccccc2)C1. The number of imidazole rings is 1. The molecule has 0 saturated heterocycles. The van der Waals surface area contributed by atoms with Crippen molar-refractivity contribution in [2.75, 3.05) is 18.5 Å². The molecule has 3 aromatic carbocycles. The molecule has 1 aromatic heterocycles. The van der Waals surface area contributed by atoms with Crippen LogP contribution in [-0.4, -0.2) is 50.9 Å². The third kappa shape index (κ3) is 5.62. The van der Waals surface area contributed by atoms with Gasteiger partial charge in [-0.05, 0) is 48.9 Å². The Labute approximate surface area is 255 Å². The second kappa shape index (κ2) is 11.9. The summed E-state index contributed by atoms with van der Waals surface area (Å²) in [5, 5.41) is 12.5. The number of hydrogen-bond donors (Lipinski definition) is 2. The lowest BCUT2D eigenvalue weighted by Crippen LogP contribution is -2.39. The van der Waals surface area contributed by atoms with Crippen molar-refractivity contribution in [3.05, 3.63) is 95.8 Å². The molecule has 4 aromatic rings. The van der Waals surface area contributed by atoms with Gasteiger partial charge in [0.25, 0.3) is 0 Å². The van der Waals surface area contributed by atoms with E-state index in [2.05, 4.69) is 5.32 Å². The number of amides is 2. The molecule has 2 heterocycles. The second-order valence-corrected chi connectivity index (χ2v) is 11.1. The zero-order valence-corrected chi connectivity index (χ0v) is 24.7. The number of carbonyl (C=O) groups is 3. The minimum atomic E-state index is -0.773. The van der Waals surface area contributed by atoms with Gasteiger partial charge in [0.1, 0.15) is 23.4 Å². The van der Waals surface area contributed by atoms with Crippen molar-refractivity contribution in [2.45, 2.75) is 51.3 Å². The number of anilines is 1. The molecule has 2 amide bonds. The maximum absolute atomic E-state index is 13.1. The van der Waals surface area contributed by atoms with Gasteiger partial charge in [0.05, 0.1) is 18.6 Å². The van der Waals surface area contributed by atoms with E-state index in [0.29, 0.717) is 43.3 Å². The summed E-state index contributed by atoms with van der Waals surface area (Å²) in [5.74, 6) is 0.345. The number of rotatable bonds is 8. The third-order valence-corrected chi connectivity index (χ3v) is 8.36. The van der Waals surface area contributed by atoms with E-state index in [1.807, 2.05) is 90.4 Å². The monoisotopic (exact) mass is 594 g/mol. The van der Waals surface area contributed by atoms with Crippen molar-refractivity contribution in [1.29, 1.82) is 0 Å². The summed E-state index contributed by atoms with van der Waals surface area (Å²) < 4.78 is 12.8. The van der Waals surface area contributed by atoms with E-state index >= 15 is 0 Å². The molecule has 2 aliphatic rings. The standard InChI is InChI=1S/C34H34N4O6/c1-3-43-33(42)37-19-20-38-28(21-37)35-29(30(38)36-32(41)44-22(2)23-7-5-4-6-8-23)26-11-9-24(10-12-26)25-13-15-27(16-14-25)34(17-18-34)31(39)40/h4-16,22H,3,17-21H2,1-2H3,(H,36,41)(H,39,40). The maximum atomic E-state index is 13.1. The molecule has 0 radical (unpaired) electrons. The Morgan fingerprint density at radius 1 is 0.932 bits per heavy atom. The number of carboxylic acid groups (broad SMARTS) is 1. The quantitative estimate of drug-likeness (QED) is 0.235. The smallest absolute Gasteiger partial charge is 0.413 e. The van der Waals surface area contributed by atoms with Crippen LogP contribution in [0.3, 0.4) is 0 Å². The fraction of sp³-hybridized carbons (Fsp3) is 0.294. The molecule has 10 nitrogen and oxygen atoms in total. The average Bonchev–Trinajstić information content (AvgIpc) is 3.79. The zero-order valence-electron chi connectivity index (χ0n) is 24.7. The van der Waals surface area contributed by atoms with Gasteiger partial charge in [-0.15, -0.1) is 0 Å². The van der Waals surface area contributed by atoms with Gasteiger partial charge in [-0.1, -0.05) is 78.9 Å². The molecule has 226 valence electrons. The number of carbonyl (C=O) groups excluding carboxylic acids is 2. The molecule has 1 fully saturated rings. The molecule has 0 bridgehead atoms. The molecule has 1 aliphatic heterocycles. The van der Waals surface area contributed by atoms with Gasteiger partial charge < -0.3 is 19.1 Å². The van der Waals surface area contributed by atoms with Crippen molar-refractivity contribution in [3.63, 3.8) is 0 Å². The number of nitrogens with one attached hydrogen (secondary N) is 1. The van der Waals surface area contributed by atoms with Crippen LogP contribution in [0.4, 0.5) is 15.4 Å². The molecule has 10 heteroatoms. The van der Waals surface area contributed by atoms with E-state index in [-0.39, 0.29) is 13.2 Å². The number of aromatic nitrogens is 2. The van der Waals surface area contributed by atoms with Crippen LogP contribution >= 0.6 is 0 Å². The summed E-state index contributed by atoms with van der Waals surface area (Å²) in [7, 11) is 0. The Morgan fingerprint density at radius 2 is 1.57 bits per heavy atom. The van der Waals surface area contributed by atoms with Gasteiger partial charge in [-0.2, -0.15) is 0 Å². The summed E-state index contributed by atoms with van der Waals surface area (Å²) in [6.07, 6.45) is -0.140. The number of hydrogen-bond acceptors (Lipinski definition) is 6. The molecular weight excluding hydrogens is 560 g/mol. The van der Waals surface area contributed by atoms with Crippen LogP contribution < -0.4 is 5.32 Å². The van der Waals surface area contributed by atoms with Crippen molar-refractivity contribution >= 4 is 24.0 Å². The number of carboxylic acids is 1. The number of fused-ring (bicyclic) bond motifs is 1. The van der Waals surface area contributed by atoms with Crippen molar-refractivity contribution in [2.24, 2.45) is 0 Å². The first-order chi connectivity index (χ1) is 21.3. The molecule has 1 saturated carbocycles. The first-order valence-corrected chi connectivity index (χ1v) is 14.8. The van der Waals surface area contributed by atoms with Crippen LogP contribution in [-0.2, 0) is 32.8 Å². The van der Waals surface area contributed by atoms with Crippen molar-refractivity contribution in [1.82, 2.24) is 14.5 Å². The molecular formula is C34H34N4O6. The number of nitrogens with zero attached hydrogens (tertiary/aromatic N) is 3. The highest BCUT2D eigenvalue weighted by molar-refractivity contribution is 5.90. The largest absolute Gasteiger partial charge is 0.481 e. The molecule has 2 N–H and O–H groups in total. The highest BCUT2D eigenvalue weighted by Gasteiger charge is 2.51. The van der Waals surface area contributed by atoms with Crippen molar-refractivity contribution < 1.29 is 29.0 Å². The summed E-state index contributed by atoms with van der Waals surface area (Å²) in [4.78, 5) is 43.7. The lowest BCUT2D eigenvalue weighted by molar-refractivity contribution is -0.140. The Morgan fingerprint density at radius 3 is 2.18 bits per heavy atom. The first-order valence-electron chi connectivity index (χ1n) is 14.8. The Bertz CT molecular complexity index is 1680. The highest BCUT2D eigenvalue weighted by atomic mass is 16.6. The lowest BCUT2D eigenvalue weighted by Gasteiger charge is -2.27. The third-order valence-electron chi connectivity index (χ3n) is 8.36. The van der Waals surface area contributed by atoms with Gasteiger partial charge in [0.15, 0.2) is 0 Å². The Hall–Kier alpha value is -5.12. The van der Waals surface area contributed by atoms with Gasteiger partial charge in [0, 0.05) is 18.7 Å². The topological polar surface area (TPSA) is 123 Å². The fourth-order valence-corrected chi connectivity index (χ4v) is 5.66. The molecule has 44 heavy (non-hydrogen) atoms. The van der Waals surface area contributed by atoms with Crippen LogP contribution in [0.2, 0.25) is 0 Å². The van der Waals surface area contributed by atoms with Crippen molar-refractivity contribution in [3.8, 4) is 22.4 Å². The van der Waals surface area contributed by atoms with Crippen LogP contribution in [0, 0.1) is 0 Å². The number of benzene rings is 3. The minimum absolute atomic E-state index is 0.241. The van der Waals surface area contributed by atoms with Crippen LogP contribution in [0.1, 0.15) is 49.7 Å². The molecule has 6 rings (SSSR count). The van der Waals surface area contributed by atoms with E-state index in [0.717, 1.165) is 27.8 Å². The normalized spacial score (nSPS) is 15.5. The average molecular weight is 595 g/mol. The fourth-order valence-electron chi connectivity index (χ4n) is 5.66. The van der Waals surface area contributed by atoms with Gasteiger partial charge in [-0.3, -0.25) is 15.0 Å². The van der Waals surface area contributed by atoms with Gasteiger partial charge in [0.2, 0.25) is 0 Å². The Balaban J connectivity index is 1.27. The van der Waals surface area contributed by atoms with E-state index in [4.69, 9.17) is 14.5 Å². The first kappa shape index (κ1) is 29.0. The molecule has 1 aliphatic carbocycles. The Kier molecular flexibility index (Phi) is 7.82. The predicted molar refractivity (Wildman–Crippen MR) is 164 cm³/mol. The summed E-state index contributed by atoms with van der Waals surface area (Å²) in [6.45, 7) is 4.93. The molecule has 0 spiro atoms. The molecule has 1 unspecified atom stereocenters. The van der Waals surface area contributed by atoms with E-state index in [9.17, 15) is 19.5 Å². The zero-order chi connectivity index (χ0) is 30.8. The van der Waals surface area contributed by atoms with Crippen LogP contribution in [0.15, 0.2) is 78.9 Å². The van der Waals surface area contributed by atoms with E-state index in [1.54, 1.807) is 11.8 Å².